The van der Waals surface area contributed by atoms with Gasteiger partial charge in [0.1, 0.15) is 12.1 Å². The monoisotopic (exact) mass is 692 g/mol. The Bertz CT molecular complexity index is 1660. The van der Waals surface area contributed by atoms with Crippen molar-refractivity contribution in [2.45, 2.75) is 37.2 Å². The number of ether oxygens (including phenoxy) is 2. The zero-order valence-electron chi connectivity index (χ0n) is 26.7. The van der Waals surface area contributed by atoms with Crippen LogP contribution in [0.3, 0.4) is 0 Å². The minimum Gasteiger partial charge on any atom is -0.493 e. The van der Waals surface area contributed by atoms with Gasteiger partial charge < -0.3 is 29.5 Å². The van der Waals surface area contributed by atoms with Gasteiger partial charge in [0.15, 0.2) is 11.5 Å². The number of alkyl halides is 6. The van der Waals surface area contributed by atoms with Crippen LogP contribution in [-0.4, -0.2) is 80.1 Å². The van der Waals surface area contributed by atoms with Crippen LogP contribution in [0.5, 0.6) is 11.5 Å². The third-order valence-electron chi connectivity index (χ3n) is 8.81. The number of hydrogen-bond donors (Lipinski definition) is 1. The average molecular weight is 693 g/mol. The van der Waals surface area contributed by atoms with Crippen molar-refractivity contribution in [2.75, 3.05) is 52.0 Å². The molecule has 1 spiro atoms. The minimum absolute atomic E-state index is 0.0299. The normalized spacial score (nSPS) is 16.2. The minimum atomic E-state index is -5.10. The summed E-state index contributed by atoms with van der Waals surface area (Å²) < 4.78 is 91.2. The first-order chi connectivity index (χ1) is 23.2. The molecule has 15 heteroatoms. The quantitative estimate of drug-likeness (QED) is 0.303. The predicted molar refractivity (Wildman–Crippen MR) is 166 cm³/mol. The van der Waals surface area contributed by atoms with E-state index in [0.717, 1.165) is 10.5 Å². The van der Waals surface area contributed by atoms with Crippen LogP contribution >= 0.6 is 0 Å². The van der Waals surface area contributed by atoms with E-state index in [-0.39, 0.29) is 57.7 Å². The molecule has 0 atom stereocenters. The number of methoxy groups -OCH3 is 2. The van der Waals surface area contributed by atoms with E-state index in [1.165, 1.54) is 19.1 Å². The number of likely N-dealkylation sites (tertiary alicyclic amines) is 1. The molecule has 2 saturated heterocycles. The van der Waals surface area contributed by atoms with E-state index in [4.69, 9.17) is 9.47 Å². The van der Waals surface area contributed by atoms with Crippen LogP contribution < -0.4 is 19.7 Å². The van der Waals surface area contributed by atoms with Gasteiger partial charge in [-0.3, -0.25) is 14.4 Å². The van der Waals surface area contributed by atoms with Crippen LogP contribution in [0.25, 0.3) is 0 Å². The van der Waals surface area contributed by atoms with Crippen molar-refractivity contribution in [2.24, 2.45) is 0 Å². The Hall–Kier alpha value is -4.95. The van der Waals surface area contributed by atoms with Gasteiger partial charge in [0.25, 0.3) is 11.8 Å². The van der Waals surface area contributed by atoms with E-state index < -0.39 is 46.4 Å². The largest absolute Gasteiger partial charge is 0.493 e. The number of nitrogens with one attached hydrogen (secondary N) is 1. The zero-order valence-corrected chi connectivity index (χ0v) is 26.7. The molecule has 3 aromatic carbocycles. The topological polar surface area (TPSA) is 91.4 Å². The molecular formula is C34H34F6N4O5. The SMILES string of the molecule is COc1ccc(CCNC(=O)CN2CN(c3ccccc3)C3(CCN(C(=O)c4cc(C(F)(F)F)cc(C(F)(F)F)c4)CC3)C2=O)cc1OC. The van der Waals surface area contributed by atoms with Gasteiger partial charge in [0.05, 0.1) is 32.0 Å². The summed E-state index contributed by atoms with van der Waals surface area (Å²) >= 11 is 0. The van der Waals surface area contributed by atoms with Crippen LogP contribution in [-0.2, 0) is 28.4 Å². The molecule has 2 aliphatic rings. The molecule has 2 aliphatic heterocycles. The number of rotatable bonds is 9. The van der Waals surface area contributed by atoms with E-state index in [0.29, 0.717) is 35.7 Å². The molecular weight excluding hydrogens is 658 g/mol. The Morgan fingerprint density at radius 2 is 1.45 bits per heavy atom. The molecule has 2 fully saturated rings. The second-order valence-corrected chi connectivity index (χ2v) is 11.8. The zero-order chi connectivity index (χ0) is 35.6. The van der Waals surface area contributed by atoms with Gasteiger partial charge in [-0.05, 0) is 67.3 Å². The molecule has 3 amide bonds. The maximum atomic E-state index is 14.0. The Balaban J connectivity index is 1.29. The van der Waals surface area contributed by atoms with Gasteiger partial charge in [-0.25, -0.2) is 0 Å². The van der Waals surface area contributed by atoms with Crippen molar-refractivity contribution in [1.29, 1.82) is 0 Å². The molecule has 0 radical (unpaired) electrons. The summed E-state index contributed by atoms with van der Waals surface area (Å²) in [5.41, 5.74) is -3.54. The number of piperidine rings is 1. The Morgan fingerprint density at radius 3 is 2.02 bits per heavy atom. The van der Waals surface area contributed by atoms with E-state index in [1.807, 2.05) is 11.0 Å². The van der Waals surface area contributed by atoms with Crippen molar-refractivity contribution >= 4 is 23.4 Å². The highest BCUT2D eigenvalue weighted by atomic mass is 19.4. The summed E-state index contributed by atoms with van der Waals surface area (Å²) in [5, 5.41) is 2.82. The number of amides is 3. The molecule has 262 valence electrons. The van der Waals surface area contributed by atoms with Crippen molar-refractivity contribution in [3.63, 3.8) is 0 Å². The van der Waals surface area contributed by atoms with Gasteiger partial charge in [0.2, 0.25) is 5.91 Å². The number of carbonyl (C=O) groups is 3. The lowest BCUT2D eigenvalue weighted by Gasteiger charge is -2.43. The van der Waals surface area contributed by atoms with Crippen LogP contribution in [0.15, 0.2) is 66.7 Å². The van der Waals surface area contributed by atoms with Gasteiger partial charge in [-0.15, -0.1) is 0 Å². The van der Waals surface area contributed by atoms with Crippen LogP contribution in [0.1, 0.15) is 39.9 Å². The molecule has 5 rings (SSSR count). The summed E-state index contributed by atoms with van der Waals surface area (Å²) in [5.74, 6) is -0.641. The Kier molecular flexibility index (Phi) is 10.0. The van der Waals surface area contributed by atoms with Gasteiger partial charge >= 0.3 is 12.4 Å². The number of carbonyl (C=O) groups excluding carboxylic acids is 3. The highest BCUT2D eigenvalue weighted by Gasteiger charge is 2.54. The van der Waals surface area contributed by atoms with E-state index in [2.05, 4.69) is 5.32 Å². The number of benzene rings is 3. The maximum Gasteiger partial charge on any atom is 0.416 e. The number of anilines is 1. The lowest BCUT2D eigenvalue weighted by Crippen LogP contribution is -2.57. The Labute approximate surface area is 278 Å². The molecule has 9 nitrogen and oxygen atoms in total. The standard InChI is InChI=1S/C34H34F6N4O5/c1-48-27-9-8-22(16-28(27)49-2)10-13-41-29(45)20-43-21-44(26-6-4-3-5-7-26)32(31(43)47)11-14-42(15-12-32)30(46)23-17-24(33(35,36)37)19-25(18-23)34(38,39)40/h3-9,16-19H,10-15,20-21H2,1-2H3,(H,41,45). The smallest absolute Gasteiger partial charge is 0.416 e. The fraction of sp³-hybridized carbons (Fsp3) is 0.382. The molecule has 0 bridgehead atoms. The number of halogens is 6. The molecule has 0 aromatic heterocycles. The van der Waals surface area contributed by atoms with Crippen LogP contribution in [0.2, 0.25) is 0 Å². The predicted octanol–water partition coefficient (Wildman–Crippen LogP) is 5.38. The van der Waals surface area contributed by atoms with Gasteiger partial charge in [-0.2, -0.15) is 26.3 Å². The summed E-state index contributed by atoms with van der Waals surface area (Å²) in [6.45, 7) is -0.133. The van der Waals surface area contributed by atoms with Crippen LogP contribution in [0.4, 0.5) is 32.0 Å². The third kappa shape index (κ3) is 7.55. The second kappa shape index (κ2) is 13.9. The molecule has 2 heterocycles. The molecule has 0 aliphatic carbocycles. The third-order valence-corrected chi connectivity index (χ3v) is 8.81. The fourth-order valence-electron chi connectivity index (χ4n) is 6.27. The highest BCUT2D eigenvalue weighted by molar-refractivity contribution is 5.98. The lowest BCUT2D eigenvalue weighted by molar-refractivity contribution is -0.143. The molecule has 49 heavy (non-hydrogen) atoms. The van der Waals surface area contributed by atoms with Crippen molar-refractivity contribution in [3.8, 4) is 11.5 Å². The van der Waals surface area contributed by atoms with Gasteiger partial charge in [-0.1, -0.05) is 24.3 Å². The molecule has 3 aromatic rings. The second-order valence-electron chi connectivity index (χ2n) is 11.8. The number of para-hydroxylation sites is 1. The average Bonchev–Trinajstić information content (AvgIpc) is 3.33. The molecule has 0 saturated carbocycles. The first-order valence-corrected chi connectivity index (χ1v) is 15.3. The van der Waals surface area contributed by atoms with E-state index >= 15 is 0 Å². The number of hydrogen-bond acceptors (Lipinski definition) is 6. The van der Waals surface area contributed by atoms with E-state index in [1.54, 1.807) is 42.5 Å². The molecule has 1 N–H and O–H groups in total. The summed E-state index contributed by atoms with van der Waals surface area (Å²) in [6.07, 6.45) is -9.65. The summed E-state index contributed by atoms with van der Waals surface area (Å²) in [4.78, 5) is 44.7. The van der Waals surface area contributed by atoms with Crippen molar-refractivity contribution < 1.29 is 50.2 Å². The summed E-state index contributed by atoms with van der Waals surface area (Å²) in [7, 11) is 3.05. The first-order valence-electron chi connectivity index (χ1n) is 15.3. The van der Waals surface area contributed by atoms with Gasteiger partial charge in [0, 0.05) is 30.9 Å². The first kappa shape index (κ1) is 35.4. The van der Waals surface area contributed by atoms with E-state index in [9.17, 15) is 40.7 Å². The highest BCUT2D eigenvalue weighted by Crippen LogP contribution is 2.41. The fourth-order valence-corrected chi connectivity index (χ4v) is 6.27. The van der Waals surface area contributed by atoms with Crippen molar-refractivity contribution in [1.82, 2.24) is 15.1 Å². The maximum absolute atomic E-state index is 14.0. The number of nitrogens with zero attached hydrogens (tertiary/aromatic N) is 3. The lowest BCUT2D eigenvalue weighted by atomic mass is 9.85. The summed E-state index contributed by atoms with van der Waals surface area (Å²) in [6, 6.07) is 15.1. The molecule has 0 unspecified atom stereocenters. The van der Waals surface area contributed by atoms with Crippen LogP contribution in [0, 0.1) is 0 Å². The van der Waals surface area contributed by atoms with Crippen molar-refractivity contribution in [3.05, 3.63) is 89.0 Å². The Morgan fingerprint density at radius 1 is 0.837 bits per heavy atom.